The van der Waals surface area contributed by atoms with Gasteiger partial charge in [-0.15, -0.1) is 11.3 Å². The Morgan fingerprint density at radius 1 is 1.33 bits per heavy atom. The molecule has 96 valence electrons. The minimum Gasteiger partial charge on any atom is -0.372 e. The first kappa shape index (κ1) is 12.1. The molecule has 0 N–H and O–H groups in total. The molecule has 2 bridgehead atoms. The minimum absolute atomic E-state index is 0.0360. The molecule has 3 rings (SSSR count). The van der Waals surface area contributed by atoms with Crippen molar-refractivity contribution in [1.29, 1.82) is 5.26 Å². The van der Waals surface area contributed by atoms with Crippen molar-refractivity contribution in [3.8, 4) is 6.07 Å². The van der Waals surface area contributed by atoms with Gasteiger partial charge >= 0.3 is 0 Å². The van der Waals surface area contributed by atoms with Crippen LogP contribution in [0.15, 0.2) is 16.3 Å². The number of fused-ring (bicyclic) bond motifs is 2. The summed E-state index contributed by atoms with van der Waals surface area (Å²) < 4.78 is 32.2. The monoisotopic (exact) mass is 284 g/mol. The van der Waals surface area contributed by atoms with E-state index in [9.17, 15) is 8.42 Å². The summed E-state index contributed by atoms with van der Waals surface area (Å²) in [5.74, 6) is 0. The number of sulfonamides is 1. The molecule has 1 aromatic heterocycles. The lowest BCUT2D eigenvalue weighted by molar-refractivity contribution is -0.0114. The summed E-state index contributed by atoms with van der Waals surface area (Å²) in [5, 5.41) is 8.75. The molecule has 0 amide bonds. The minimum atomic E-state index is -3.46. The average molecular weight is 284 g/mol. The third kappa shape index (κ3) is 1.95. The van der Waals surface area contributed by atoms with Crippen LogP contribution in [0.4, 0.5) is 0 Å². The largest absolute Gasteiger partial charge is 0.372 e. The number of hydrogen-bond donors (Lipinski definition) is 0. The van der Waals surface area contributed by atoms with E-state index in [1.807, 2.05) is 6.07 Å². The normalized spacial score (nSPS) is 28.2. The molecule has 0 aliphatic carbocycles. The summed E-state index contributed by atoms with van der Waals surface area (Å²) >= 11 is 1.02. The Morgan fingerprint density at radius 2 is 2.00 bits per heavy atom. The number of hydrogen-bond acceptors (Lipinski definition) is 5. The highest BCUT2D eigenvalue weighted by atomic mass is 32.2. The molecule has 1 aromatic rings. The molecule has 2 fully saturated rings. The Labute approximate surface area is 110 Å². The average Bonchev–Trinajstić information content (AvgIpc) is 2.96. The van der Waals surface area contributed by atoms with Gasteiger partial charge in [-0.2, -0.15) is 9.57 Å². The van der Waals surface area contributed by atoms with E-state index in [2.05, 4.69) is 0 Å². The van der Waals surface area contributed by atoms with E-state index in [4.69, 9.17) is 10.00 Å². The van der Waals surface area contributed by atoms with Crippen LogP contribution in [0.5, 0.6) is 0 Å². The first-order valence-electron chi connectivity index (χ1n) is 5.75. The van der Waals surface area contributed by atoms with Gasteiger partial charge < -0.3 is 4.74 Å². The Hall–Kier alpha value is -0.940. The van der Waals surface area contributed by atoms with Crippen LogP contribution in [0, 0.1) is 11.3 Å². The van der Waals surface area contributed by atoms with Crippen LogP contribution in [0.1, 0.15) is 17.7 Å². The molecule has 2 unspecified atom stereocenters. The van der Waals surface area contributed by atoms with E-state index in [0.29, 0.717) is 18.0 Å². The molecule has 0 spiro atoms. The Morgan fingerprint density at radius 3 is 2.56 bits per heavy atom. The van der Waals surface area contributed by atoms with Crippen molar-refractivity contribution in [3.63, 3.8) is 0 Å². The van der Waals surface area contributed by atoms with E-state index in [-0.39, 0.29) is 16.4 Å². The van der Waals surface area contributed by atoms with Crippen molar-refractivity contribution < 1.29 is 13.2 Å². The summed E-state index contributed by atoms with van der Waals surface area (Å²) in [6.45, 7) is 0.858. The lowest BCUT2D eigenvalue weighted by Gasteiger charge is -2.30. The van der Waals surface area contributed by atoms with Crippen molar-refractivity contribution in [2.45, 2.75) is 29.3 Å². The second kappa shape index (κ2) is 4.31. The molecule has 5 nitrogen and oxygen atoms in total. The van der Waals surface area contributed by atoms with Crippen molar-refractivity contribution in [2.75, 3.05) is 13.1 Å². The zero-order chi connectivity index (χ0) is 12.8. The number of ether oxygens (including phenoxy) is 1. The fourth-order valence-electron chi connectivity index (χ4n) is 2.42. The van der Waals surface area contributed by atoms with Crippen molar-refractivity contribution >= 4 is 21.4 Å². The van der Waals surface area contributed by atoms with Crippen LogP contribution in [0.25, 0.3) is 0 Å². The third-order valence-corrected chi connectivity index (χ3v) is 6.58. The number of thiophene rings is 1. The zero-order valence-corrected chi connectivity index (χ0v) is 11.2. The summed E-state index contributed by atoms with van der Waals surface area (Å²) in [6.07, 6.45) is 1.94. The van der Waals surface area contributed by atoms with Gasteiger partial charge in [0.15, 0.2) is 0 Å². The standard InChI is InChI=1S/C11H12N2O3S2/c12-5-10-3-4-11(17-10)18(14,15)13-6-8-1-2-9(7-13)16-8/h3-4,8-9H,1-2,6-7H2. The molecule has 0 saturated carbocycles. The molecule has 7 heteroatoms. The first-order chi connectivity index (χ1) is 8.59. The maximum absolute atomic E-state index is 12.4. The fraction of sp³-hybridized carbons (Fsp3) is 0.545. The van der Waals surface area contributed by atoms with E-state index in [0.717, 1.165) is 24.2 Å². The SMILES string of the molecule is N#Cc1ccc(S(=O)(=O)N2CC3CCC(C2)O3)s1. The number of nitrogens with zero attached hydrogens (tertiary/aromatic N) is 2. The van der Waals surface area contributed by atoms with E-state index >= 15 is 0 Å². The van der Waals surface area contributed by atoms with Crippen molar-refractivity contribution in [3.05, 3.63) is 17.0 Å². The number of nitriles is 1. The molecular weight excluding hydrogens is 272 g/mol. The molecule has 0 aromatic carbocycles. The van der Waals surface area contributed by atoms with Crippen molar-refractivity contribution in [1.82, 2.24) is 4.31 Å². The summed E-state index contributed by atoms with van der Waals surface area (Å²) in [6, 6.07) is 5.02. The second-order valence-corrected chi connectivity index (χ2v) is 7.76. The zero-order valence-electron chi connectivity index (χ0n) is 9.57. The lowest BCUT2D eigenvalue weighted by Crippen LogP contribution is -2.45. The Bertz CT molecular complexity index is 590. The molecular formula is C11H12N2O3S2. The molecule has 2 aliphatic heterocycles. The van der Waals surface area contributed by atoms with Crippen LogP contribution in [0.3, 0.4) is 0 Å². The van der Waals surface area contributed by atoms with E-state index < -0.39 is 10.0 Å². The second-order valence-electron chi connectivity index (χ2n) is 4.51. The predicted molar refractivity (Wildman–Crippen MR) is 65.7 cm³/mol. The highest BCUT2D eigenvalue weighted by molar-refractivity contribution is 7.91. The van der Waals surface area contributed by atoms with E-state index in [1.54, 1.807) is 6.07 Å². The van der Waals surface area contributed by atoms with Gasteiger partial charge in [0.2, 0.25) is 0 Å². The third-order valence-electron chi connectivity index (χ3n) is 3.30. The number of morpholine rings is 1. The molecule has 2 aliphatic rings. The smallest absolute Gasteiger partial charge is 0.252 e. The lowest BCUT2D eigenvalue weighted by atomic mass is 10.2. The summed E-state index contributed by atoms with van der Waals surface area (Å²) in [4.78, 5) is 0.421. The van der Waals surface area contributed by atoms with Gasteiger partial charge in [-0.05, 0) is 25.0 Å². The summed E-state index contributed by atoms with van der Waals surface area (Å²) in [7, 11) is -3.46. The first-order valence-corrected chi connectivity index (χ1v) is 8.01. The highest BCUT2D eigenvalue weighted by Crippen LogP contribution is 2.31. The maximum Gasteiger partial charge on any atom is 0.252 e. The van der Waals surface area contributed by atoms with Gasteiger partial charge in [0.25, 0.3) is 10.0 Å². The van der Waals surface area contributed by atoms with Gasteiger partial charge in [0.1, 0.15) is 15.2 Å². The quantitative estimate of drug-likeness (QED) is 0.817. The van der Waals surface area contributed by atoms with Crippen LogP contribution >= 0.6 is 11.3 Å². The van der Waals surface area contributed by atoms with E-state index in [1.165, 1.54) is 10.4 Å². The molecule has 2 saturated heterocycles. The Balaban J connectivity index is 1.88. The molecule has 18 heavy (non-hydrogen) atoms. The molecule has 3 heterocycles. The summed E-state index contributed by atoms with van der Waals surface area (Å²) in [5.41, 5.74) is 0. The molecule has 0 radical (unpaired) electrons. The van der Waals surface area contributed by atoms with Gasteiger partial charge in [-0.3, -0.25) is 0 Å². The maximum atomic E-state index is 12.4. The number of rotatable bonds is 2. The van der Waals surface area contributed by atoms with Crippen LogP contribution in [0.2, 0.25) is 0 Å². The fourth-order valence-corrected chi connectivity index (χ4v) is 5.18. The van der Waals surface area contributed by atoms with Crippen LogP contribution < -0.4 is 0 Å². The topological polar surface area (TPSA) is 70.4 Å². The molecule has 2 atom stereocenters. The van der Waals surface area contributed by atoms with Gasteiger partial charge in [-0.25, -0.2) is 8.42 Å². The van der Waals surface area contributed by atoms with Crippen LogP contribution in [-0.4, -0.2) is 38.0 Å². The van der Waals surface area contributed by atoms with Gasteiger partial charge in [0, 0.05) is 13.1 Å². The Kier molecular flexibility index (Phi) is 2.90. The van der Waals surface area contributed by atoms with Crippen molar-refractivity contribution in [2.24, 2.45) is 0 Å². The van der Waals surface area contributed by atoms with Gasteiger partial charge in [-0.1, -0.05) is 0 Å². The highest BCUT2D eigenvalue weighted by Gasteiger charge is 2.39. The van der Waals surface area contributed by atoms with Crippen LogP contribution in [-0.2, 0) is 14.8 Å². The predicted octanol–water partition coefficient (Wildman–Crippen LogP) is 1.17. The van der Waals surface area contributed by atoms with Gasteiger partial charge in [0.05, 0.1) is 12.2 Å².